The van der Waals surface area contributed by atoms with Gasteiger partial charge in [-0.15, -0.1) is 0 Å². The topological polar surface area (TPSA) is 46.4 Å². The lowest BCUT2D eigenvalue weighted by molar-refractivity contribution is -0.384. The van der Waals surface area contributed by atoms with Crippen LogP contribution >= 0.6 is 11.8 Å². The number of hydrogen-bond donors (Lipinski definition) is 0. The van der Waals surface area contributed by atoms with Crippen LogP contribution in [0.2, 0.25) is 0 Å². The van der Waals surface area contributed by atoms with Crippen molar-refractivity contribution in [2.75, 3.05) is 11.0 Å². The molecule has 1 aliphatic heterocycles. The first-order valence-corrected chi connectivity index (χ1v) is 4.23. The Morgan fingerprint density at radius 2 is 2.31 bits per heavy atom. The molecule has 0 fully saturated rings. The first-order valence-electron chi connectivity index (χ1n) is 3.90. The number of nitrogens with zero attached hydrogens (tertiary/aromatic N) is 2. The Morgan fingerprint density at radius 3 is 3.00 bits per heavy atom. The molecule has 0 atom stereocenters. The second kappa shape index (κ2) is 2.88. The maximum Gasteiger partial charge on any atom is 0.294 e. The molecule has 0 aromatic heterocycles. The zero-order valence-corrected chi connectivity index (χ0v) is 7.49. The minimum Gasteiger partial charge on any atom is -0.278 e. The molecule has 1 heterocycles. The highest BCUT2D eigenvalue weighted by Gasteiger charge is 2.26. The van der Waals surface area contributed by atoms with Gasteiger partial charge in [0.1, 0.15) is 5.69 Å². The Bertz CT molecular complexity index is 367. The SMILES string of the molecule is O=[N+]([O-])c1cccc2c1N(Cl)CC2. The van der Waals surface area contributed by atoms with Crippen LogP contribution in [0.3, 0.4) is 0 Å². The van der Waals surface area contributed by atoms with Gasteiger partial charge in [0.25, 0.3) is 5.69 Å². The maximum atomic E-state index is 10.6. The monoisotopic (exact) mass is 198 g/mol. The molecule has 0 unspecified atom stereocenters. The summed E-state index contributed by atoms with van der Waals surface area (Å²) in [6.07, 6.45) is 0.778. The second-order valence-electron chi connectivity index (χ2n) is 2.88. The molecule has 0 amide bonds. The smallest absolute Gasteiger partial charge is 0.278 e. The minimum absolute atomic E-state index is 0.0880. The van der Waals surface area contributed by atoms with Crippen LogP contribution in [0.1, 0.15) is 5.56 Å². The van der Waals surface area contributed by atoms with E-state index in [9.17, 15) is 10.1 Å². The molecule has 2 rings (SSSR count). The van der Waals surface area contributed by atoms with E-state index in [0.717, 1.165) is 12.0 Å². The van der Waals surface area contributed by atoms with E-state index in [0.29, 0.717) is 12.2 Å². The first-order chi connectivity index (χ1) is 6.20. The van der Waals surface area contributed by atoms with Crippen LogP contribution < -0.4 is 4.42 Å². The van der Waals surface area contributed by atoms with Gasteiger partial charge in [0.05, 0.1) is 4.92 Å². The molecule has 0 saturated heterocycles. The van der Waals surface area contributed by atoms with Gasteiger partial charge in [0.15, 0.2) is 0 Å². The summed E-state index contributed by atoms with van der Waals surface area (Å²) in [5, 5.41) is 10.6. The van der Waals surface area contributed by atoms with Crippen LogP contribution in [0.4, 0.5) is 11.4 Å². The van der Waals surface area contributed by atoms with Crippen LogP contribution in [0.5, 0.6) is 0 Å². The van der Waals surface area contributed by atoms with E-state index in [4.69, 9.17) is 11.8 Å². The number of benzene rings is 1. The normalized spacial score (nSPS) is 14.4. The lowest BCUT2D eigenvalue weighted by atomic mass is 10.1. The molecule has 0 spiro atoms. The van der Waals surface area contributed by atoms with Crippen molar-refractivity contribution < 1.29 is 4.92 Å². The fourth-order valence-electron chi connectivity index (χ4n) is 1.54. The number of anilines is 1. The Balaban J connectivity index is 2.60. The van der Waals surface area contributed by atoms with E-state index < -0.39 is 4.92 Å². The number of nitro benzene ring substituents is 1. The lowest BCUT2D eigenvalue weighted by Gasteiger charge is -2.07. The van der Waals surface area contributed by atoms with E-state index in [2.05, 4.69) is 0 Å². The average molecular weight is 199 g/mol. The van der Waals surface area contributed by atoms with E-state index in [1.54, 1.807) is 6.07 Å². The molecule has 0 saturated carbocycles. The highest BCUT2D eigenvalue weighted by atomic mass is 35.5. The number of halogens is 1. The number of fused-ring (bicyclic) bond motifs is 1. The Kier molecular flexibility index (Phi) is 1.84. The molecule has 0 radical (unpaired) electrons. The Morgan fingerprint density at radius 1 is 1.54 bits per heavy atom. The third-order valence-corrected chi connectivity index (χ3v) is 2.45. The van der Waals surface area contributed by atoms with Gasteiger partial charge in [-0.3, -0.25) is 14.5 Å². The zero-order chi connectivity index (χ0) is 9.42. The largest absolute Gasteiger partial charge is 0.294 e. The summed E-state index contributed by atoms with van der Waals surface area (Å²) in [6, 6.07) is 5.03. The summed E-state index contributed by atoms with van der Waals surface area (Å²) in [5.74, 6) is 0. The minimum atomic E-state index is -0.403. The summed E-state index contributed by atoms with van der Waals surface area (Å²) in [6.45, 7) is 0.641. The van der Waals surface area contributed by atoms with Crippen molar-refractivity contribution in [1.29, 1.82) is 0 Å². The van der Waals surface area contributed by atoms with Crippen molar-refractivity contribution in [3.05, 3.63) is 33.9 Å². The quantitative estimate of drug-likeness (QED) is 0.395. The predicted molar refractivity (Wildman–Crippen MR) is 50.0 cm³/mol. The summed E-state index contributed by atoms with van der Waals surface area (Å²) in [7, 11) is 0. The molecule has 0 aliphatic carbocycles. The summed E-state index contributed by atoms with van der Waals surface area (Å²) < 4.78 is 1.41. The molecule has 68 valence electrons. The summed E-state index contributed by atoms with van der Waals surface area (Å²) in [5.41, 5.74) is 1.59. The zero-order valence-electron chi connectivity index (χ0n) is 6.74. The van der Waals surface area contributed by atoms with Gasteiger partial charge >= 0.3 is 0 Å². The molecule has 4 nitrogen and oxygen atoms in total. The van der Waals surface area contributed by atoms with Crippen molar-refractivity contribution in [3.63, 3.8) is 0 Å². The van der Waals surface area contributed by atoms with E-state index in [1.165, 1.54) is 10.5 Å². The average Bonchev–Trinajstić information content (AvgIpc) is 2.48. The van der Waals surface area contributed by atoms with Gasteiger partial charge in [-0.25, -0.2) is 0 Å². The predicted octanol–water partition coefficient (Wildman–Crippen LogP) is 2.11. The molecule has 1 aliphatic rings. The Hall–Kier alpha value is -1.29. The van der Waals surface area contributed by atoms with Crippen LogP contribution in [0, 0.1) is 10.1 Å². The molecular formula is C8H7ClN2O2. The fourth-order valence-corrected chi connectivity index (χ4v) is 1.82. The van der Waals surface area contributed by atoms with E-state index in [-0.39, 0.29) is 5.69 Å². The highest BCUT2D eigenvalue weighted by molar-refractivity contribution is 6.27. The van der Waals surface area contributed by atoms with Crippen molar-refractivity contribution >= 4 is 23.2 Å². The highest BCUT2D eigenvalue weighted by Crippen LogP contribution is 2.37. The number of rotatable bonds is 1. The third-order valence-electron chi connectivity index (χ3n) is 2.12. The molecule has 0 bridgehead atoms. The van der Waals surface area contributed by atoms with Crippen LogP contribution in [0.25, 0.3) is 0 Å². The number of para-hydroxylation sites is 1. The summed E-state index contributed by atoms with van der Waals surface area (Å²) >= 11 is 5.82. The van der Waals surface area contributed by atoms with Crippen molar-refractivity contribution in [2.24, 2.45) is 0 Å². The molecule has 1 aromatic rings. The standard InChI is InChI=1S/C8H7ClN2O2/c9-10-5-4-6-2-1-3-7(8(6)10)11(12)13/h1-3H,4-5H2. The summed E-state index contributed by atoms with van der Waals surface area (Å²) in [4.78, 5) is 10.2. The van der Waals surface area contributed by atoms with Gasteiger partial charge < -0.3 is 0 Å². The van der Waals surface area contributed by atoms with E-state index >= 15 is 0 Å². The number of nitro groups is 1. The molecule has 1 aromatic carbocycles. The van der Waals surface area contributed by atoms with Gasteiger partial charge in [0.2, 0.25) is 0 Å². The Labute approximate surface area is 80.0 Å². The number of hydrogen-bond acceptors (Lipinski definition) is 3. The van der Waals surface area contributed by atoms with Gasteiger partial charge in [-0.1, -0.05) is 12.1 Å². The third kappa shape index (κ3) is 1.23. The van der Waals surface area contributed by atoms with E-state index in [1.807, 2.05) is 6.07 Å². The van der Waals surface area contributed by atoms with Crippen LogP contribution in [0.15, 0.2) is 18.2 Å². The van der Waals surface area contributed by atoms with Crippen molar-refractivity contribution in [3.8, 4) is 0 Å². The molecule has 13 heavy (non-hydrogen) atoms. The first kappa shape index (κ1) is 8.31. The van der Waals surface area contributed by atoms with Crippen LogP contribution in [-0.2, 0) is 6.42 Å². The lowest BCUT2D eigenvalue weighted by Crippen LogP contribution is -2.06. The molecular weight excluding hydrogens is 192 g/mol. The molecule has 0 N–H and O–H groups in total. The van der Waals surface area contributed by atoms with Gasteiger partial charge in [-0.2, -0.15) is 0 Å². The fraction of sp³-hybridized carbons (Fsp3) is 0.250. The molecule has 5 heteroatoms. The van der Waals surface area contributed by atoms with Crippen molar-refractivity contribution in [1.82, 2.24) is 0 Å². The maximum absolute atomic E-state index is 10.6. The van der Waals surface area contributed by atoms with Gasteiger partial charge in [-0.05, 0) is 12.0 Å². The second-order valence-corrected chi connectivity index (χ2v) is 3.29. The van der Waals surface area contributed by atoms with Crippen LogP contribution in [-0.4, -0.2) is 11.5 Å². The van der Waals surface area contributed by atoms with Gasteiger partial charge in [0, 0.05) is 24.4 Å². The van der Waals surface area contributed by atoms with Crippen molar-refractivity contribution in [2.45, 2.75) is 6.42 Å².